The minimum atomic E-state index is -3.24. The molecule has 2 aliphatic rings. The average molecular weight is 394 g/mol. The van der Waals surface area contributed by atoms with Gasteiger partial charge in [-0.1, -0.05) is 12.1 Å². The van der Waals surface area contributed by atoms with Crippen LogP contribution in [0.3, 0.4) is 0 Å². The van der Waals surface area contributed by atoms with Crippen LogP contribution in [0.2, 0.25) is 0 Å². The lowest BCUT2D eigenvalue weighted by Crippen LogP contribution is -2.45. The predicted molar refractivity (Wildman–Crippen MR) is 108 cm³/mol. The molecule has 1 aromatic rings. The Kier molecular flexibility index (Phi) is 6.42. The summed E-state index contributed by atoms with van der Waals surface area (Å²) in [7, 11) is -3.24. The van der Waals surface area contributed by atoms with Crippen LogP contribution >= 0.6 is 0 Å². The van der Waals surface area contributed by atoms with Crippen molar-refractivity contribution < 1.29 is 13.2 Å². The highest BCUT2D eigenvalue weighted by Gasteiger charge is 2.30. The maximum absolute atomic E-state index is 12.6. The van der Waals surface area contributed by atoms with Gasteiger partial charge in [0, 0.05) is 31.9 Å². The normalized spacial score (nSPS) is 23.0. The molecule has 7 heteroatoms. The standard InChI is InChI=1S/C20H31N3O3S/c1-16(17-8-10-19(11-9-17)22-12-4-3-5-13-22)21-20(24)18-7-6-14-23(15-18)27(2,25)26/h8-11,16,18H,3-7,12-15H2,1-2H3,(H,21,24)/t16-,18+/m0/s1. The lowest BCUT2D eigenvalue weighted by atomic mass is 9.97. The molecule has 0 aliphatic carbocycles. The van der Waals surface area contributed by atoms with Crippen molar-refractivity contribution in [3.8, 4) is 0 Å². The van der Waals surface area contributed by atoms with Gasteiger partial charge in [-0.3, -0.25) is 4.79 Å². The Morgan fingerprint density at radius 2 is 1.74 bits per heavy atom. The first kappa shape index (κ1) is 20.1. The van der Waals surface area contributed by atoms with Crippen molar-refractivity contribution in [2.45, 2.75) is 45.1 Å². The molecule has 6 nitrogen and oxygen atoms in total. The van der Waals surface area contributed by atoms with E-state index in [4.69, 9.17) is 0 Å². The van der Waals surface area contributed by atoms with Crippen LogP contribution in [-0.2, 0) is 14.8 Å². The molecule has 0 unspecified atom stereocenters. The zero-order valence-corrected chi connectivity index (χ0v) is 17.2. The van der Waals surface area contributed by atoms with Crippen LogP contribution in [0.4, 0.5) is 5.69 Å². The topological polar surface area (TPSA) is 69.7 Å². The highest BCUT2D eigenvalue weighted by atomic mass is 32.2. The number of nitrogens with one attached hydrogen (secondary N) is 1. The van der Waals surface area contributed by atoms with Crippen molar-refractivity contribution in [3.05, 3.63) is 29.8 Å². The second-order valence-corrected chi connectivity index (χ2v) is 9.81. The number of piperidine rings is 2. The molecule has 2 heterocycles. The quantitative estimate of drug-likeness (QED) is 0.835. The number of amides is 1. The molecule has 150 valence electrons. The third kappa shape index (κ3) is 5.23. The van der Waals surface area contributed by atoms with E-state index in [9.17, 15) is 13.2 Å². The molecule has 0 radical (unpaired) electrons. The maximum atomic E-state index is 12.6. The van der Waals surface area contributed by atoms with Crippen molar-refractivity contribution in [1.82, 2.24) is 9.62 Å². The van der Waals surface area contributed by atoms with Gasteiger partial charge < -0.3 is 10.2 Å². The van der Waals surface area contributed by atoms with Gasteiger partial charge in [0.2, 0.25) is 15.9 Å². The van der Waals surface area contributed by atoms with Gasteiger partial charge in [0.25, 0.3) is 0 Å². The third-order valence-electron chi connectivity index (χ3n) is 5.70. The van der Waals surface area contributed by atoms with Gasteiger partial charge in [-0.2, -0.15) is 0 Å². The number of benzene rings is 1. The van der Waals surface area contributed by atoms with Crippen molar-refractivity contribution in [2.24, 2.45) is 5.92 Å². The van der Waals surface area contributed by atoms with E-state index < -0.39 is 10.0 Å². The number of hydrogen-bond acceptors (Lipinski definition) is 4. The molecular weight excluding hydrogens is 362 g/mol. The molecule has 1 N–H and O–H groups in total. The molecule has 1 aromatic carbocycles. The number of rotatable bonds is 5. The molecule has 1 amide bonds. The summed E-state index contributed by atoms with van der Waals surface area (Å²) >= 11 is 0. The smallest absolute Gasteiger partial charge is 0.224 e. The van der Waals surface area contributed by atoms with Crippen molar-refractivity contribution in [1.29, 1.82) is 0 Å². The monoisotopic (exact) mass is 393 g/mol. The molecule has 0 saturated carbocycles. The van der Waals surface area contributed by atoms with E-state index >= 15 is 0 Å². The zero-order valence-electron chi connectivity index (χ0n) is 16.4. The van der Waals surface area contributed by atoms with Crippen molar-refractivity contribution in [3.63, 3.8) is 0 Å². The van der Waals surface area contributed by atoms with Crippen LogP contribution in [0.25, 0.3) is 0 Å². The number of hydrogen-bond donors (Lipinski definition) is 1. The largest absolute Gasteiger partial charge is 0.372 e. The van der Waals surface area contributed by atoms with Gasteiger partial charge in [-0.15, -0.1) is 0 Å². The highest BCUT2D eigenvalue weighted by molar-refractivity contribution is 7.88. The van der Waals surface area contributed by atoms with Crippen LogP contribution in [-0.4, -0.2) is 51.1 Å². The van der Waals surface area contributed by atoms with E-state index in [1.54, 1.807) is 0 Å². The molecule has 2 aliphatic heterocycles. The highest BCUT2D eigenvalue weighted by Crippen LogP contribution is 2.24. The third-order valence-corrected chi connectivity index (χ3v) is 6.97. The van der Waals surface area contributed by atoms with Crippen LogP contribution in [0.1, 0.15) is 50.6 Å². The van der Waals surface area contributed by atoms with Gasteiger partial charge in [0.05, 0.1) is 18.2 Å². The fourth-order valence-electron chi connectivity index (χ4n) is 4.00. The number of nitrogens with zero attached hydrogens (tertiary/aromatic N) is 2. The van der Waals surface area contributed by atoms with Gasteiger partial charge in [-0.05, 0) is 56.7 Å². The summed E-state index contributed by atoms with van der Waals surface area (Å²) in [5.74, 6) is -0.334. The number of carbonyl (C=O) groups is 1. The molecule has 3 rings (SSSR count). The summed E-state index contributed by atoms with van der Waals surface area (Å²) in [6.45, 7) is 5.00. The predicted octanol–water partition coefficient (Wildman–Crippen LogP) is 2.53. The minimum Gasteiger partial charge on any atom is -0.372 e. The van der Waals surface area contributed by atoms with E-state index in [0.717, 1.165) is 31.5 Å². The van der Waals surface area contributed by atoms with E-state index in [1.807, 2.05) is 6.92 Å². The maximum Gasteiger partial charge on any atom is 0.224 e. The zero-order chi connectivity index (χ0) is 19.4. The van der Waals surface area contributed by atoms with Crippen molar-refractivity contribution in [2.75, 3.05) is 37.3 Å². The second kappa shape index (κ2) is 8.61. The Bertz CT molecular complexity index is 742. The molecule has 2 atom stereocenters. The van der Waals surface area contributed by atoms with E-state index in [0.29, 0.717) is 6.54 Å². The van der Waals surface area contributed by atoms with Crippen LogP contribution < -0.4 is 10.2 Å². The minimum absolute atomic E-state index is 0.0593. The number of carbonyl (C=O) groups excluding carboxylic acids is 1. The molecule has 0 bridgehead atoms. The Morgan fingerprint density at radius 1 is 1.07 bits per heavy atom. The van der Waals surface area contributed by atoms with E-state index in [1.165, 1.54) is 35.5 Å². The van der Waals surface area contributed by atoms with E-state index in [2.05, 4.69) is 34.5 Å². The van der Waals surface area contributed by atoms with Crippen LogP contribution in [0.5, 0.6) is 0 Å². The van der Waals surface area contributed by atoms with Gasteiger partial charge in [0.1, 0.15) is 0 Å². The van der Waals surface area contributed by atoms with Gasteiger partial charge in [-0.25, -0.2) is 12.7 Å². The molecular formula is C20H31N3O3S. The summed E-state index contributed by atoms with van der Waals surface area (Å²) < 4.78 is 24.9. The summed E-state index contributed by atoms with van der Waals surface area (Å²) in [6.07, 6.45) is 6.48. The van der Waals surface area contributed by atoms with Gasteiger partial charge in [0.15, 0.2) is 0 Å². The lowest BCUT2D eigenvalue weighted by molar-refractivity contribution is -0.126. The summed E-state index contributed by atoms with van der Waals surface area (Å²) in [6, 6.07) is 8.34. The Balaban J connectivity index is 1.57. The van der Waals surface area contributed by atoms with Gasteiger partial charge >= 0.3 is 0 Å². The fraction of sp³-hybridized carbons (Fsp3) is 0.650. The number of sulfonamides is 1. The lowest BCUT2D eigenvalue weighted by Gasteiger charge is -2.31. The Labute approximate surface area is 163 Å². The van der Waals surface area contributed by atoms with E-state index in [-0.39, 0.29) is 24.4 Å². The first-order valence-corrected chi connectivity index (χ1v) is 11.8. The molecule has 2 saturated heterocycles. The first-order chi connectivity index (χ1) is 12.8. The SMILES string of the molecule is C[C@H](NC(=O)[C@@H]1CCCN(S(C)(=O)=O)C1)c1ccc(N2CCCCC2)cc1. The molecule has 27 heavy (non-hydrogen) atoms. The summed E-state index contributed by atoms with van der Waals surface area (Å²) in [5, 5.41) is 3.06. The van der Waals surface area contributed by atoms with Crippen LogP contribution in [0, 0.1) is 5.92 Å². The molecule has 2 fully saturated rings. The summed E-state index contributed by atoms with van der Waals surface area (Å²) in [5.41, 5.74) is 2.31. The summed E-state index contributed by atoms with van der Waals surface area (Å²) in [4.78, 5) is 15.0. The Morgan fingerprint density at radius 3 is 2.37 bits per heavy atom. The Hall–Kier alpha value is -1.60. The fourth-order valence-corrected chi connectivity index (χ4v) is 4.91. The number of anilines is 1. The molecule has 0 spiro atoms. The average Bonchev–Trinajstić information content (AvgIpc) is 2.68. The second-order valence-electron chi connectivity index (χ2n) is 7.83. The van der Waals surface area contributed by atoms with Crippen molar-refractivity contribution >= 4 is 21.6 Å². The first-order valence-electron chi connectivity index (χ1n) is 9.95. The van der Waals surface area contributed by atoms with Crippen LogP contribution in [0.15, 0.2) is 24.3 Å². The molecule has 0 aromatic heterocycles.